The molecule has 5 nitrogen and oxygen atoms in total. The van der Waals surface area contributed by atoms with Crippen LogP contribution in [0, 0.1) is 0 Å². The number of piperidine rings is 1. The Bertz CT molecular complexity index is 558. The van der Waals surface area contributed by atoms with Gasteiger partial charge in [-0.2, -0.15) is 5.10 Å². The maximum absolute atomic E-state index is 6.03. The van der Waals surface area contributed by atoms with Gasteiger partial charge in [0.2, 0.25) is 5.88 Å². The molecular formula is C14H20N4O. The molecule has 0 amide bonds. The number of ether oxygens (including phenoxy) is 1. The van der Waals surface area contributed by atoms with Gasteiger partial charge in [0.15, 0.2) is 0 Å². The molecule has 0 aromatic carbocycles. The van der Waals surface area contributed by atoms with Gasteiger partial charge in [0, 0.05) is 18.9 Å². The van der Waals surface area contributed by atoms with Crippen molar-refractivity contribution in [1.82, 2.24) is 19.9 Å². The molecule has 3 rings (SSSR count). The molecule has 0 saturated carbocycles. The molecule has 19 heavy (non-hydrogen) atoms. The Morgan fingerprint density at radius 3 is 3.11 bits per heavy atom. The van der Waals surface area contributed by atoms with E-state index in [9.17, 15) is 0 Å². The molecule has 3 heterocycles. The van der Waals surface area contributed by atoms with Crippen LogP contribution in [0.4, 0.5) is 0 Å². The van der Waals surface area contributed by atoms with Crippen LogP contribution < -0.4 is 10.1 Å². The Balaban J connectivity index is 1.89. The van der Waals surface area contributed by atoms with Crippen molar-refractivity contribution in [2.24, 2.45) is 0 Å². The topological polar surface area (TPSA) is 51.5 Å². The van der Waals surface area contributed by atoms with E-state index in [1.807, 2.05) is 10.7 Å². The van der Waals surface area contributed by atoms with Crippen LogP contribution in [0.1, 0.15) is 38.3 Å². The van der Waals surface area contributed by atoms with Crippen LogP contribution in [0.25, 0.3) is 5.52 Å². The van der Waals surface area contributed by atoms with Crippen LogP contribution in [0.5, 0.6) is 5.88 Å². The van der Waals surface area contributed by atoms with E-state index in [0.717, 1.165) is 37.1 Å². The van der Waals surface area contributed by atoms with E-state index in [-0.39, 0.29) is 6.10 Å². The first kappa shape index (κ1) is 12.4. The number of nitrogens with one attached hydrogen (secondary N) is 1. The molecule has 0 radical (unpaired) electrons. The quantitative estimate of drug-likeness (QED) is 0.917. The predicted octanol–water partition coefficient (Wildman–Crippen LogP) is 1.98. The summed E-state index contributed by atoms with van der Waals surface area (Å²) in [4.78, 5) is 4.36. The van der Waals surface area contributed by atoms with Gasteiger partial charge in [-0.1, -0.05) is 13.8 Å². The Morgan fingerprint density at radius 1 is 1.47 bits per heavy atom. The van der Waals surface area contributed by atoms with Crippen LogP contribution >= 0.6 is 0 Å². The maximum Gasteiger partial charge on any atom is 0.240 e. The van der Waals surface area contributed by atoms with Crippen molar-refractivity contribution in [1.29, 1.82) is 0 Å². The first-order valence-corrected chi connectivity index (χ1v) is 6.95. The third-order valence-corrected chi connectivity index (χ3v) is 3.49. The average Bonchev–Trinajstić information content (AvgIpc) is 2.85. The molecule has 1 fully saturated rings. The number of hydrogen-bond donors (Lipinski definition) is 1. The molecule has 1 N–H and O–H groups in total. The summed E-state index contributed by atoms with van der Waals surface area (Å²) in [5.74, 6) is 1.10. The van der Waals surface area contributed by atoms with E-state index in [1.165, 1.54) is 0 Å². The molecule has 0 unspecified atom stereocenters. The van der Waals surface area contributed by atoms with E-state index in [4.69, 9.17) is 4.74 Å². The number of hydrogen-bond acceptors (Lipinski definition) is 4. The van der Waals surface area contributed by atoms with Gasteiger partial charge in [0.1, 0.15) is 11.6 Å². The van der Waals surface area contributed by atoms with Crippen molar-refractivity contribution >= 4 is 5.52 Å². The fourth-order valence-electron chi connectivity index (χ4n) is 2.37. The first-order valence-electron chi connectivity index (χ1n) is 6.95. The van der Waals surface area contributed by atoms with Crippen LogP contribution in [-0.2, 0) is 0 Å². The molecular weight excluding hydrogens is 240 g/mol. The maximum atomic E-state index is 6.03. The summed E-state index contributed by atoms with van der Waals surface area (Å²) in [5.41, 5.74) is 2.02. The molecule has 0 bridgehead atoms. The average molecular weight is 260 g/mol. The number of fused-ring (bicyclic) bond motifs is 1. The van der Waals surface area contributed by atoms with Crippen molar-refractivity contribution in [2.75, 3.05) is 13.1 Å². The number of aromatic nitrogens is 3. The summed E-state index contributed by atoms with van der Waals surface area (Å²) < 4.78 is 7.88. The Labute approximate surface area is 113 Å². The molecule has 102 valence electrons. The zero-order chi connectivity index (χ0) is 13.2. The fraction of sp³-hybridized carbons (Fsp3) is 0.571. The fourth-order valence-corrected chi connectivity index (χ4v) is 2.37. The molecule has 1 atom stereocenters. The van der Waals surface area contributed by atoms with E-state index < -0.39 is 0 Å². The highest BCUT2D eigenvalue weighted by Gasteiger charge is 2.17. The Kier molecular flexibility index (Phi) is 3.38. The lowest BCUT2D eigenvalue weighted by molar-refractivity contribution is 0.162. The van der Waals surface area contributed by atoms with Gasteiger partial charge < -0.3 is 10.1 Å². The van der Waals surface area contributed by atoms with Gasteiger partial charge in [0.05, 0.1) is 5.69 Å². The molecule has 1 saturated heterocycles. The predicted molar refractivity (Wildman–Crippen MR) is 73.6 cm³/mol. The lowest BCUT2D eigenvalue weighted by Gasteiger charge is -2.23. The van der Waals surface area contributed by atoms with Crippen molar-refractivity contribution in [2.45, 2.75) is 38.7 Å². The second-order valence-electron chi connectivity index (χ2n) is 5.37. The SMILES string of the molecule is CC(C)c1cc2c(O[C@H]3CCCNC3)nccn2n1. The summed E-state index contributed by atoms with van der Waals surface area (Å²) in [5, 5.41) is 7.90. The Morgan fingerprint density at radius 2 is 2.37 bits per heavy atom. The molecule has 2 aromatic rings. The van der Waals surface area contributed by atoms with Gasteiger partial charge in [-0.3, -0.25) is 0 Å². The molecule has 0 spiro atoms. The summed E-state index contributed by atoms with van der Waals surface area (Å²) in [7, 11) is 0. The van der Waals surface area contributed by atoms with Gasteiger partial charge in [-0.25, -0.2) is 9.50 Å². The second-order valence-corrected chi connectivity index (χ2v) is 5.37. The van der Waals surface area contributed by atoms with Gasteiger partial charge in [-0.05, 0) is 31.4 Å². The van der Waals surface area contributed by atoms with Crippen molar-refractivity contribution in [3.8, 4) is 5.88 Å². The standard InChI is InChI=1S/C14H20N4O/c1-10(2)12-8-13-14(16-6-7-18(13)17-12)19-11-4-3-5-15-9-11/h6-8,10-11,15H,3-5,9H2,1-2H3/t11-/m0/s1. The number of nitrogens with zero attached hydrogens (tertiary/aromatic N) is 3. The molecule has 5 heteroatoms. The molecule has 1 aliphatic heterocycles. The minimum atomic E-state index is 0.213. The van der Waals surface area contributed by atoms with Crippen molar-refractivity contribution in [3.05, 3.63) is 24.2 Å². The number of rotatable bonds is 3. The monoisotopic (exact) mass is 260 g/mol. The van der Waals surface area contributed by atoms with Crippen molar-refractivity contribution < 1.29 is 4.74 Å². The highest BCUT2D eigenvalue weighted by Crippen LogP contribution is 2.23. The first-order chi connectivity index (χ1) is 9.24. The minimum Gasteiger partial charge on any atom is -0.471 e. The lowest BCUT2D eigenvalue weighted by Crippen LogP contribution is -2.37. The third kappa shape index (κ3) is 2.56. The zero-order valence-electron chi connectivity index (χ0n) is 11.5. The summed E-state index contributed by atoms with van der Waals surface area (Å²) in [6.07, 6.45) is 6.07. The van der Waals surface area contributed by atoms with Crippen LogP contribution in [-0.4, -0.2) is 33.8 Å². The molecule has 0 aliphatic carbocycles. The minimum absolute atomic E-state index is 0.213. The van der Waals surface area contributed by atoms with Gasteiger partial charge in [0.25, 0.3) is 0 Å². The van der Waals surface area contributed by atoms with E-state index in [0.29, 0.717) is 11.8 Å². The molecule has 1 aliphatic rings. The lowest BCUT2D eigenvalue weighted by atomic mass is 10.1. The summed E-state index contributed by atoms with van der Waals surface area (Å²) in [6, 6.07) is 2.07. The molecule has 2 aromatic heterocycles. The zero-order valence-corrected chi connectivity index (χ0v) is 11.5. The summed E-state index contributed by atoms with van der Waals surface area (Å²) in [6.45, 7) is 6.26. The largest absolute Gasteiger partial charge is 0.471 e. The van der Waals surface area contributed by atoms with E-state index >= 15 is 0 Å². The highest BCUT2D eigenvalue weighted by molar-refractivity contribution is 5.56. The second kappa shape index (κ2) is 5.17. The van der Waals surface area contributed by atoms with Gasteiger partial charge in [-0.15, -0.1) is 0 Å². The highest BCUT2D eigenvalue weighted by atomic mass is 16.5. The van der Waals surface area contributed by atoms with E-state index in [2.05, 4.69) is 35.3 Å². The van der Waals surface area contributed by atoms with Crippen molar-refractivity contribution in [3.63, 3.8) is 0 Å². The normalized spacial score (nSPS) is 20.1. The van der Waals surface area contributed by atoms with Crippen LogP contribution in [0.15, 0.2) is 18.5 Å². The van der Waals surface area contributed by atoms with Crippen LogP contribution in [0.2, 0.25) is 0 Å². The van der Waals surface area contributed by atoms with Gasteiger partial charge >= 0.3 is 0 Å². The third-order valence-electron chi connectivity index (χ3n) is 3.49. The Hall–Kier alpha value is -1.62. The van der Waals surface area contributed by atoms with Crippen LogP contribution in [0.3, 0.4) is 0 Å². The smallest absolute Gasteiger partial charge is 0.240 e. The summed E-state index contributed by atoms with van der Waals surface area (Å²) >= 11 is 0. The van der Waals surface area contributed by atoms with E-state index in [1.54, 1.807) is 6.20 Å².